The van der Waals surface area contributed by atoms with Gasteiger partial charge in [0.2, 0.25) is 5.88 Å². The fourth-order valence-electron chi connectivity index (χ4n) is 1.66. The quantitative estimate of drug-likeness (QED) is 0.785. The Kier molecular flexibility index (Phi) is 6.25. The highest BCUT2D eigenvalue weighted by atomic mass is 16.5. The van der Waals surface area contributed by atoms with Gasteiger partial charge < -0.3 is 14.8 Å². The first-order valence-electron chi connectivity index (χ1n) is 6.83. The number of rotatable bonds is 8. The SMILES string of the molecule is CCNCc1cc(C)nc(OCCC(C)(C)OC)c1. The smallest absolute Gasteiger partial charge is 0.213 e. The van der Waals surface area contributed by atoms with Crippen molar-refractivity contribution in [1.29, 1.82) is 0 Å². The van der Waals surface area contributed by atoms with Gasteiger partial charge in [0.15, 0.2) is 0 Å². The van der Waals surface area contributed by atoms with Crippen molar-refractivity contribution in [3.8, 4) is 5.88 Å². The zero-order chi connectivity index (χ0) is 14.3. The number of pyridine rings is 1. The van der Waals surface area contributed by atoms with Gasteiger partial charge in [-0.25, -0.2) is 4.98 Å². The Bertz CT molecular complexity index is 392. The molecule has 1 rings (SSSR count). The van der Waals surface area contributed by atoms with Crippen molar-refractivity contribution >= 4 is 0 Å². The molecule has 0 saturated carbocycles. The molecule has 0 bridgehead atoms. The van der Waals surface area contributed by atoms with E-state index in [-0.39, 0.29) is 5.60 Å². The first-order valence-corrected chi connectivity index (χ1v) is 6.83. The van der Waals surface area contributed by atoms with E-state index in [4.69, 9.17) is 9.47 Å². The molecule has 0 atom stereocenters. The minimum Gasteiger partial charge on any atom is -0.478 e. The Morgan fingerprint density at radius 3 is 2.68 bits per heavy atom. The lowest BCUT2D eigenvalue weighted by Gasteiger charge is -2.22. The molecule has 4 nitrogen and oxygen atoms in total. The molecule has 19 heavy (non-hydrogen) atoms. The number of ether oxygens (including phenoxy) is 2. The molecule has 4 heteroatoms. The maximum atomic E-state index is 5.73. The highest BCUT2D eigenvalue weighted by Gasteiger charge is 2.16. The molecular formula is C15H26N2O2. The molecule has 1 N–H and O–H groups in total. The Labute approximate surface area is 116 Å². The summed E-state index contributed by atoms with van der Waals surface area (Å²) < 4.78 is 11.1. The third-order valence-corrected chi connectivity index (χ3v) is 3.08. The molecule has 1 aromatic heterocycles. The van der Waals surface area contributed by atoms with E-state index in [1.807, 2.05) is 13.0 Å². The molecule has 1 heterocycles. The van der Waals surface area contributed by atoms with Gasteiger partial charge in [-0.05, 0) is 38.9 Å². The second-order valence-electron chi connectivity index (χ2n) is 5.30. The van der Waals surface area contributed by atoms with Crippen molar-refractivity contribution in [2.45, 2.75) is 46.3 Å². The number of nitrogens with one attached hydrogen (secondary N) is 1. The highest BCUT2D eigenvalue weighted by molar-refractivity contribution is 5.24. The van der Waals surface area contributed by atoms with Crippen LogP contribution in [0.4, 0.5) is 0 Å². The summed E-state index contributed by atoms with van der Waals surface area (Å²) in [6, 6.07) is 4.07. The van der Waals surface area contributed by atoms with Crippen molar-refractivity contribution in [3.63, 3.8) is 0 Å². The summed E-state index contributed by atoms with van der Waals surface area (Å²) in [6.45, 7) is 10.6. The van der Waals surface area contributed by atoms with Crippen molar-refractivity contribution in [2.75, 3.05) is 20.3 Å². The summed E-state index contributed by atoms with van der Waals surface area (Å²) in [6.07, 6.45) is 0.835. The van der Waals surface area contributed by atoms with E-state index in [1.54, 1.807) is 7.11 Å². The molecule has 0 aliphatic carbocycles. The van der Waals surface area contributed by atoms with Gasteiger partial charge in [-0.2, -0.15) is 0 Å². The molecule has 0 aromatic carbocycles. The van der Waals surface area contributed by atoms with Crippen molar-refractivity contribution < 1.29 is 9.47 Å². The molecule has 108 valence electrons. The van der Waals surface area contributed by atoms with E-state index < -0.39 is 0 Å². The van der Waals surface area contributed by atoms with Crippen LogP contribution in [0, 0.1) is 6.92 Å². The van der Waals surface area contributed by atoms with E-state index in [0.717, 1.165) is 25.2 Å². The molecule has 0 unspecified atom stereocenters. The number of hydrogen-bond acceptors (Lipinski definition) is 4. The van der Waals surface area contributed by atoms with Crippen LogP contribution >= 0.6 is 0 Å². The van der Waals surface area contributed by atoms with Crippen LogP contribution in [-0.4, -0.2) is 30.8 Å². The minimum absolute atomic E-state index is 0.156. The molecule has 0 spiro atoms. The molecule has 0 aliphatic heterocycles. The van der Waals surface area contributed by atoms with E-state index in [9.17, 15) is 0 Å². The first kappa shape index (κ1) is 15.9. The van der Waals surface area contributed by atoms with Crippen molar-refractivity contribution in [3.05, 3.63) is 23.4 Å². The highest BCUT2D eigenvalue weighted by Crippen LogP contribution is 2.16. The van der Waals surface area contributed by atoms with E-state index in [1.165, 1.54) is 5.56 Å². The van der Waals surface area contributed by atoms with Crippen LogP contribution in [0.5, 0.6) is 5.88 Å². The van der Waals surface area contributed by atoms with Gasteiger partial charge in [-0.15, -0.1) is 0 Å². The first-order chi connectivity index (χ1) is 8.96. The summed E-state index contributed by atoms with van der Waals surface area (Å²) in [5.41, 5.74) is 2.03. The predicted octanol–water partition coefficient (Wildman–Crippen LogP) is 2.69. The zero-order valence-electron chi connectivity index (χ0n) is 12.7. The lowest BCUT2D eigenvalue weighted by Crippen LogP contribution is -2.25. The second-order valence-corrected chi connectivity index (χ2v) is 5.30. The van der Waals surface area contributed by atoms with Crippen molar-refractivity contribution in [1.82, 2.24) is 10.3 Å². The fourth-order valence-corrected chi connectivity index (χ4v) is 1.66. The molecule has 0 radical (unpaired) electrons. The third kappa shape index (κ3) is 6.03. The van der Waals surface area contributed by atoms with Gasteiger partial charge in [-0.1, -0.05) is 6.92 Å². The number of aromatic nitrogens is 1. The van der Waals surface area contributed by atoms with Gasteiger partial charge in [0.1, 0.15) is 0 Å². The average Bonchev–Trinajstić information content (AvgIpc) is 2.35. The van der Waals surface area contributed by atoms with Crippen LogP contribution < -0.4 is 10.1 Å². The van der Waals surface area contributed by atoms with Gasteiger partial charge >= 0.3 is 0 Å². The lowest BCUT2D eigenvalue weighted by molar-refractivity contribution is 0.00507. The van der Waals surface area contributed by atoms with Gasteiger partial charge in [0.25, 0.3) is 0 Å². The van der Waals surface area contributed by atoms with Crippen LogP contribution in [0.3, 0.4) is 0 Å². The minimum atomic E-state index is -0.156. The predicted molar refractivity (Wildman–Crippen MR) is 77.6 cm³/mol. The monoisotopic (exact) mass is 266 g/mol. The van der Waals surface area contributed by atoms with Gasteiger partial charge in [-0.3, -0.25) is 0 Å². The summed E-state index contributed by atoms with van der Waals surface area (Å²) in [5, 5.41) is 3.31. The molecule has 0 aliphatic rings. The maximum absolute atomic E-state index is 5.73. The zero-order valence-corrected chi connectivity index (χ0v) is 12.7. The Hall–Kier alpha value is -1.13. The van der Waals surface area contributed by atoms with Crippen LogP contribution in [0.25, 0.3) is 0 Å². The normalized spacial score (nSPS) is 11.6. The standard InChI is InChI=1S/C15H26N2O2/c1-6-16-11-13-9-12(2)17-14(10-13)19-8-7-15(3,4)18-5/h9-10,16H,6-8,11H2,1-5H3. The second kappa shape index (κ2) is 7.46. The van der Waals surface area contributed by atoms with E-state index in [2.05, 4.69) is 37.1 Å². The largest absolute Gasteiger partial charge is 0.478 e. The van der Waals surface area contributed by atoms with Crippen LogP contribution in [-0.2, 0) is 11.3 Å². The number of methoxy groups -OCH3 is 1. The molecular weight excluding hydrogens is 240 g/mol. The average molecular weight is 266 g/mol. The summed E-state index contributed by atoms with van der Waals surface area (Å²) in [7, 11) is 1.72. The molecule has 0 fully saturated rings. The number of nitrogens with zero attached hydrogens (tertiary/aromatic N) is 1. The van der Waals surface area contributed by atoms with Crippen LogP contribution in [0.1, 0.15) is 38.4 Å². The van der Waals surface area contributed by atoms with Crippen LogP contribution in [0.15, 0.2) is 12.1 Å². The fraction of sp³-hybridized carbons (Fsp3) is 0.667. The Morgan fingerprint density at radius 1 is 1.32 bits per heavy atom. The van der Waals surface area contributed by atoms with E-state index in [0.29, 0.717) is 12.5 Å². The molecule has 0 saturated heterocycles. The van der Waals surface area contributed by atoms with Crippen LogP contribution in [0.2, 0.25) is 0 Å². The van der Waals surface area contributed by atoms with E-state index >= 15 is 0 Å². The topological polar surface area (TPSA) is 43.4 Å². The Balaban J connectivity index is 2.55. The van der Waals surface area contributed by atoms with Gasteiger partial charge in [0, 0.05) is 31.8 Å². The Morgan fingerprint density at radius 2 is 2.05 bits per heavy atom. The number of hydrogen-bond donors (Lipinski definition) is 1. The lowest BCUT2D eigenvalue weighted by atomic mass is 10.1. The third-order valence-electron chi connectivity index (χ3n) is 3.08. The molecule has 0 amide bonds. The van der Waals surface area contributed by atoms with Crippen molar-refractivity contribution in [2.24, 2.45) is 0 Å². The summed E-state index contributed by atoms with van der Waals surface area (Å²) in [5.74, 6) is 0.694. The maximum Gasteiger partial charge on any atom is 0.213 e. The van der Waals surface area contributed by atoms with Gasteiger partial charge in [0.05, 0.1) is 12.2 Å². The number of aryl methyl sites for hydroxylation is 1. The summed E-state index contributed by atoms with van der Waals surface area (Å²) >= 11 is 0. The summed E-state index contributed by atoms with van der Waals surface area (Å²) in [4.78, 5) is 4.40. The molecule has 1 aromatic rings.